The summed E-state index contributed by atoms with van der Waals surface area (Å²) in [6.45, 7) is 3.64. The Labute approximate surface area is 331 Å². The van der Waals surface area contributed by atoms with Gasteiger partial charge in [-0.3, -0.25) is 43.2 Å². The molecule has 0 unspecified atom stereocenters. The molecule has 7 atom stereocenters. The summed E-state index contributed by atoms with van der Waals surface area (Å²) < 4.78 is 0. The van der Waals surface area contributed by atoms with Crippen LogP contribution in [0.25, 0.3) is 0 Å². The van der Waals surface area contributed by atoms with Crippen LogP contribution in [0.4, 0.5) is 0 Å². The van der Waals surface area contributed by atoms with Crippen molar-refractivity contribution in [2.24, 2.45) is 23.1 Å². The first-order valence-electron chi connectivity index (χ1n) is 18.2. The van der Waals surface area contributed by atoms with Crippen LogP contribution < -0.4 is 43.8 Å². The van der Waals surface area contributed by atoms with E-state index in [9.17, 15) is 48.3 Å². The van der Waals surface area contributed by atoms with Gasteiger partial charge in [0.05, 0.1) is 6.42 Å². The van der Waals surface area contributed by atoms with Gasteiger partial charge in [0.2, 0.25) is 53.2 Å². The molecular formula is C35H51N9O10S2. The average molecular weight is 822 g/mol. The van der Waals surface area contributed by atoms with Gasteiger partial charge in [-0.1, -0.05) is 54.0 Å². The Hall–Kier alpha value is -5.05. The Morgan fingerprint density at radius 1 is 0.839 bits per heavy atom. The summed E-state index contributed by atoms with van der Waals surface area (Å²) in [5.74, 6) is -7.56. The van der Waals surface area contributed by atoms with E-state index < -0.39 is 102 Å². The maximum absolute atomic E-state index is 13.9. The number of benzene rings is 1. The molecule has 0 aliphatic carbocycles. The molecule has 9 amide bonds. The highest BCUT2D eigenvalue weighted by Gasteiger charge is 2.39. The van der Waals surface area contributed by atoms with Gasteiger partial charge in [-0.2, -0.15) is 0 Å². The zero-order chi connectivity index (χ0) is 41.5. The number of carbonyl (C=O) groups excluding carboxylic acids is 9. The highest BCUT2D eigenvalue weighted by Crippen LogP contribution is 2.25. The first-order chi connectivity index (χ1) is 26.5. The molecule has 1 aromatic rings. The number of phenolic OH excluding ortho intramolecular Hbond substituents is 1. The second-order valence-corrected chi connectivity index (χ2v) is 16.3. The maximum atomic E-state index is 13.9. The number of primary amides is 3. The quantitative estimate of drug-likeness (QED) is 0.108. The zero-order valence-corrected chi connectivity index (χ0v) is 32.9. The fraction of sp³-hybridized carbons (Fsp3) is 0.571. The first-order valence-corrected chi connectivity index (χ1v) is 20.7. The maximum Gasteiger partial charge on any atom is 0.246 e. The van der Waals surface area contributed by atoms with Crippen LogP contribution in [0.5, 0.6) is 5.75 Å². The molecule has 0 saturated carbocycles. The van der Waals surface area contributed by atoms with Gasteiger partial charge >= 0.3 is 0 Å². The smallest absolute Gasteiger partial charge is 0.246 e. The lowest BCUT2D eigenvalue weighted by atomic mass is 9.96. The topological polar surface area (TPSA) is 315 Å². The molecule has 2 aliphatic rings. The SMILES string of the molecule is CC[C@H](C)[C@@H]1NC(=O)[C@H](Cc2ccc(O)cc2)NC(=O)CCSSC[C@@H](C(=O)N2CCC[C@H]2C(N)=O)NC(=O)[C@H](CC(N)=O)NC(=O)[C@H](CCC(N)=O)NC1=O. The molecule has 21 heteroatoms. The summed E-state index contributed by atoms with van der Waals surface area (Å²) in [7, 11) is 2.33. The van der Waals surface area contributed by atoms with Crippen molar-refractivity contribution in [3.8, 4) is 5.75 Å². The number of hydrogen-bond acceptors (Lipinski definition) is 12. The van der Waals surface area contributed by atoms with Crippen LogP contribution in [0, 0.1) is 5.92 Å². The third kappa shape index (κ3) is 13.9. The van der Waals surface area contributed by atoms with Crippen LogP contribution in [-0.4, -0.2) is 117 Å². The Kier molecular flexibility index (Phi) is 17.7. The summed E-state index contributed by atoms with van der Waals surface area (Å²) in [4.78, 5) is 119. The number of likely N-dealkylation sites (tertiary alicyclic amines) is 1. The summed E-state index contributed by atoms with van der Waals surface area (Å²) in [5.41, 5.74) is 16.9. The highest BCUT2D eigenvalue weighted by atomic mass is 33.1. The van der Waals surface area contributed by atoms with Crippen LogP contribution >= 0.6 is 21.6 Å². The number of aromatic hydroxyl groups is 1. The number of nitrogens with zero attached hydrogens (tertiary/aromatic N) is 1. The number of hydrogen-bond donors (Lipinski definition) is 9. The zero-order valence-electron chi connectivity index (χ0n) is 31.2. The Morgan fingerprint density at radius 3 is 2.11 bits per heavy atom. The van der Waals surface area contributed by atoms with E-state index in [1.807, 2.05) is 0 Å². The summed E-state index contributed by atoms with van der Waals surface area (Å²) >= 11 is 0. The Bertz CT molecular complexity index is 1630. The lowest BCUT2D eigenvalue weighted by Crippen LogP contribution is -2.61. The van der Waals surface area contributed by atoms with Gasteiger partial charge < -0.3 is 53.8 Å². The van der Waals surface area contributed by atoms with Crippen molar-refractivity contribution < 1.29 is 48.3 Å². The Morgan fingerprint density at radius 2 is 1.48 bits per heavy atom. The monoisotopic (exact) mass is 821 g/mol. The van der Waals surface area contributed by atoms with Crippen molar-refractivity contribution >= 4 is 74.8 Å². The molecule has 0 spiro atoms. The van der Waals surface area contributed by atoms with E-state index in [4.69, 9.17) is 17.2 Å². The Balaban J connectivity index is 2.02. The van der Waals surface area contributed by atoms with E-state index in [1.54, 1.807) is 26.0 Å². The summed E-state index contributed by atoms with van der Waals surface area (Å²) in [6, 6.07) is -1.77. The van der Waals surface area contributed by atoms with Crippen molar-refractivity contribution in [2.45, 2.75) is 101 Å². The number of nitrogens with two attached hydrogens (primary N) is 3. The summed E-state index contributed by atoms with van der Waals surface area (Å²) in [6.07, 6.45) is -0.314. The predicted octanol–water partition coefficient (Wildman–Crippen LogP) is -2.19. The molecule has 2 fully saturated rings. The number of rotatable bonds is 11. The minimum absolute atomic E-state index is 0.00558. The first kappa shape index (κ1) is 45.3. The normalized spacial score (nSPS) is 25.4. The van der Waals surface area contributed by atoms with Crippen LogP contribution in [-0.2, 0) is 49.6 Å². The van der Waals surface area contributed by atoms with E-state index in [-0.39, 0.29) is 49.5 Å². The van der Waals surface area contributed by atoms with E-state index >= 15 is 0 Å². The minimum atomic E-state index is -1.65. The van der Waals surface area contributed by atoms with Crippen LogP contribution in [0.2, 0.25) is 0 Å². The highest BCUT2D eigenvalue weighted by molar-refractivity contribution is 8.76. The fourth-order valence-electron chi connectivity index (χ4n) is 6.08. The molecule has 0 aromatic heterocycles. The van der Waals surface area contributed by atoms with Gasteiger partial charge in [0.15, 0.2) is 0 Å². The molecular weight excluding hydrogens is 771 g/mol. The van der Waals surface area contributed by atoms with E-state index in [0.29, 0.717) is 24.8 Å². The molecule has 0 radical (unpaired) electrons. The number of amides is 9. The molecule has 1 aromatic carbocycles. The standard InChI is InChI=1S/C35H51N9O10S2/c1-3-18(2)29-34(53)40-21(10-11-26(36)46)31(50)41-23(16-27(37)47)32(51)42-24(35(54)44-13-4-5-25(44)30(38)49)17-56-55-14-12-28(48)39-22(33(52)43-29)15-19-6-8-20(45)9-7-19/h6-9,18,21-25,29,45H,3-5,10-17H2,1-2H3,(H2,36,46)(H2,37,47)(H2,38,49)(H,39,48)(H,40,53)(H,41,50)(H,42,51)(H,43,52)/t18-,21-,22-,23-,24-,25-,29-/m0/s1. The second-order valence-electron chi connectivity index (χ2n) is 13.7. The lowest BCUT2D eigenvalue weighted by molar-refractivity contribution is -0.140. The average Bonchev–Trinajstić information content (AvgIpc) is 3.64. The molecule has 2 heterocycles. The fourth-order valence-corrected chi connectivity index (χ4v) is 8.23. The van der Waals surface area contributed by atoms with Gasteiger partial charge in [0, 0.05) is 37.3 Å². The van der Waals surface area contributed by atoms with Gasteiger partial charge in [-0.25, -0.2) is 0 Å². The summed E-state index contributed by atoms with van der Waals surface area (Å²) in [5, 5.41) is 22.7. The van der Waals surface area contributed by atoms with Gasteiger partial charge in [0.25, 0.3) is 0 Å². The number of carbonyl (C=O) groups is 9. The second kappa shape index (κ2) is 21.9. The van der Waals surface area contributed by atoms with Gasteiger partial charge in [0.1, 0.15) is 42.0 Å². The predicted molar refractivity (Wildman–Crippen MR) is 207 cm³/mol. The van der Waals surface area contributed by atoms with Crippen LogP contribution in [0.1, 0.15) is 64.4 Å². The number of phenols is 1. The van der Waals surface area contributed by atoms with E-state index in [1.165, 1.54) is 27.8 Å². The van der Waals surface area contributed by atoms with Crippen molar-refractivity contribution in [3.63, 3.8) is 0 Å². The van der Waals surface area contributed by atoms with Crippen LogP contribution in [0.15, 0.2) is 24.3 Å². The van der Waals surface area contributed by atoms with Gasteiger partial charge in [-0.05, 0) is 42.9 Å². The third-order valence-electron chi connectivity index (χ3n) is 9.38. The molecule has 12 N–H and O–H groups in total. The number of nitrogens with one attached hydrogen (secondary N) is 5. The van der Waals surface area contributed by atoms with E-state index in [2.05, 4.69) is 26.6 Å². The molecule has 0 bridgehead atoms. The largest absolute Gasteiger partial charge is 0.508 e. The van der Waals surface area contributed by atoms with Crippen molar-refractivity contribution in [1.82, 2.24) is 31.5 Å². The molecule has 19 nitrogen and oxygen atoms in total. The molecule has 3 rings (SSSR count). The van der Waals surface area contributed by atoms with Crippen LogP contribution in [0.3, 0.4) is 0 Å². The van der Waals surface area contributed by atoms with Crippen molar-refractivity contribution in [2.75, 3.05) is 18.1 Å². The van der Waals surface area contributed by atoms with Crippen molar-refractivity contribution in [1.29, 1.82) is 0 Å². The minimum Gasteiger partial charge on any atom is -0.508 e. The lowest BCUT2D eigenvalue weighted by Gasteiger charge is -2.30. The molecule has 2 aliphatic heterocycles. The van der Waals surface area contributed by atoms with Gasteiger partial charge in [-0.15, -0.1) is 0 Å². The molecule has 308 valence electrons. The molecule has 2 saturated heterocycles. The van der Waals surface area contributed by atoms with Crippen molar-refractivity contribution in [3.05, 3.63) is 29.8 Å². The molecule has 56 heavy (non-hydrogen) atoms. The third-order valence-corrected chi connectivity index (χ3v) is 11.8. The van der Waals surface area contributed by atoms with E-state index in [0.717, 1.165) is 10.8 Å².